The van der Waals surface area contributed by atoms with Crippen molar-refractivity contribution in [2.45, 2.75) is 38.6 Å². The van der Waals surface area contributed by atoms with Gasteiger partial charge in [0.2, 0.25) is 11.8 Å². The van der Waals surface area contributed by atoms with Gasteiger partial charge in [-0.15, -0.1) is 0 Å². The van der Waals surface area contributed by atoms with Gasteiger partial charge in [0.05, 0.1) is 29.7 Å². The molecular weight excluding hydrogens is 469 g/mol. The van der Waals surface area contributed by atoms with Crippen molar-refractivity contribution in [2.24, 2.45) is 5.92 Å². The van der Waals surface area contributed by atoms with Gasteiger partial charge in [0.25, 0.3) is 5.91 Å². The minimum absolute atomic E-state index is 0.0840. The van der Waals surface area contributed by atoms with E-state index in [1.165, 1.54) is 15.9 Å². The van der Waals surface area contributed by atoms with Gasteiger partial charge in [0.1, 0.15) is 6.04 Å². The van der Waals surface area contributed by atoms with E-state index in [2.05, 4.69) is 0 Å². The molecule has 33 heavy (non-hydrogen) atoms. The average Bonchev–Trinajstić information content (AvgIpc) is 3.29. The predicted molar refractivity (Wildman–Crippen MR) is 124 cm³/mol. The molecule has 2 fully saturated rings. The molecule has 0 bridgehead atoms. The Kier molecular flexibility index (Phi) is 8.59. The number of benzene rings is 1. The van der Waals surface area contributed by atoms with Gasteiger partial charge >= 0.3 is 5.97 Å². The number of carbonyl (C=O) groups excluding carboxylic acids is 4. The lowest BCUT2D eigenvalue weighted by Crippen LogP contribution is -2.50. The monoisotopic (exact) mass is 497 g/mol. The topological polar surface area (TPSA) is 87.2 Å². The second-order valence-electron chi connectivity index (χ2n) is 8.38. The van der Waals surface area contributed by atoms with Gasteiger partial charge in [-0.3, -0.25) is 19.2 Å². The van der Waals surface area contributed by atoms with E-state index in [0.29, 0.717) is 56.9 Å². The second kappa shape index (κ2) is 11.2. The zero-order chi connectivity index (χ0) is 24.1. The van der Waals surface area contributed by atoms with Crippen LogP contribution in [0.4, 0.5) is 0 Å². The van der Waals surface area contributed by atoms with Crippen LogP contribution in [-0.4, -0.2) is 84.3 Å². The highest BCUT2D eigenvalue weighted by Gasteiger charge is 2.37. The number of ether oxygens (including phenoxy) is 1. The van der Waals surface area contributed by atoms with Gasteiger partial charge in [-0.05, 0) is 50.8 Å². The largest absolute Gasteiger partial charge is 0.466 e. The summed E-state index contributed by atoms with van der Waals surface area (Å²) in [5, 5.41) is 0.663. The molecule has 3 amide bonds. The molecule has 0 spiro atoms. The molecule has 3 rings (SSSR count). The number of hydrogen-bond acceptors (Lipinski definition) is 5. The van der Waals surface area contributed by atoms with Crippen LogP contribution in [-0.2, 0) is 19.1 Å². The van der Waals surface area contributed by atoms with Crippen LogP contribution in [0, 0.1) is 5.92 Å². The zero-order valence-corrected chi connectivity index (χ0v) is 20.4. The van der Waals surface area contributed by atoms with Crippen LogP contribution in [0.2, 0.25) is 10.0 Å². The van der Waals surface area contributed by atoms with Gasteiger partial charge in [0, 0.05) is 31.7 Å². The zero-order valence-electron chi connectivity index (χ0n) is 18.9. The minimum atomic E-state index is -0.653. The summed E-state index contributed by atoms with van der Waals surface area (Å²) >= 11 is 12.2. The summed E-state index contributed by atoms with van der Waals surface area (Å²) in [4.78, 5) is 55.4. The maximum atomic E-state index is 13.1. The van der Waals surface area contributed by atoms with Gasteiger partial charge in [-0.1, -0.05) is 23.2 Å². The van der Waals surface area contributed by atoms with E-state index in [1.54, 1.807) is 31.0 Å². The van der Waals surface area contributed by atoms with Gasteiger partial charge in [0.15, 0.2) is 0 Å². The standard InChI is InChI=1S/C23H29Cl2N3O5/c1-3-33-23(32)15-8-11-27(12-9-15)20(29)14-26(2)22(31)19-5-4-10-28(19)21(30)17-13-16(24)6-7-18(17)25/h6-7,13,15,19H,3-5,8-12,14H2,1-2H3. The van der Waals surface area contributed by atoms with E-state index in [9.17, 15) is 19.2 Å². The number of amides is 3. The molecule has 0 saturated carbocycles. The highest BCUT2D eigenvalue weighted by molar-refractivity contribution is 6.35. The lowest BCUT2D eigenvalue weighted by atomic mass is 9.97. The molecule has 0 radical (unpaired) electrons. The number of esters is 1. The van der Waals surface area contributed by atoms with Crippen molar-refractivity contribution in [3.8, 4) is 0 Å². The number of piperidine rings is 1. The van der Waals surface area contributed by atoms with Crippen molar-refractivity contribution < 1.29 is 23.9 Å². The van der Waals surface area contributed by atoms with Crippen LogP contribution in [0.5, 0.6) is 0 Å². The number of halogens is 2. The van der Waals surface area contributed by atoms with Crippen molar-refractivity contribution in [1.82, 2.24) is 14.7 Å². The van der Waals surface area contributed by atoms with Gasteiger partial charge in [-0.25, -0.2) is 0 Å². The van der Waals surface area contributed by atoms with E-state index >= 15 is 0 Å². The molecule has 1 aromatic carbocycles. The minimum Gasteiger partial charge on any atom is -0.466 e. The summed E-state index contributed by atoms with van der Waals surface area (Å²) < 4.78 is 5.06. The fourth-order valence-electron chi connectivity index (χ4n) is 4.34. The molecule has 2 aliphatic rings. The summed E-state index contributed by atoms with van der Waals surface area (Å²) in [6.07, 6.45) is 2.30. The quantitative estimate of drug-likeness (QED) is 0.563. The maximum absolute atomic E-state index is 13.1. The smallest absolute Gasteiger partial charge is 0.309 e. The Morgan fingerprint density at radius 3 is 2.45 bits per heavy atom. The van der Waals surface area contributed by atoms with Crippen molar-refractivity contribution in [3.05, 3.63) is 33.8 Å². The summed E-state index contributed by atoms with van der Waals surface area (Å²) in [5.41, 5.74) is 0.257. The van der Waals surface area contributed by atoms with Crippen LogP contribution in [0.1, 0.15) is 43.0 Å². The molecule has 0 aromatic heterocycles. The third-order valence-electron chi connectivity index (χ3n) is 6.17. The van der Waals surface area contributed by atoms with E-state index in [4.69, 9.17) is 27.9 Å². The van der Waals surface area contributed by atoms with Gasteiger partial charge < -0.3 is 19.4 Å². The lowest BCUT2D eigenvalue weighted by molar-refractivity contribution is -0.151. The number of carbonyl (C=O) groups is 4. The van der Waals surface area contributed by atoms with Crippen molar-refractivity contribution in [2.75, 3.05) is 39.8 Å². The summed E-state index contributed by atoms with van der Waals surface area (Å²) in [7, 11) is 1.57. The summed E-state index contributed by atoms with van der Waals surface area (Å²) in [6.45, 7) is 3.36. The van der Waals surface area contributed by atoms with E-state index in [0.717, 1.165) is 0 Å². The summed E-state index contributed by atoms with van der Waals surface area (Å²) in [5.74, 6) is -1.22. The molecule has 2 saturated heterocycles. The van der Waals surface area contributed by atoms with E-state index in [-0.39, 0.29) is 46.7 Å². The molecule has 2 aliphatic heterocycles. The van der Waals surface area contributed by atoms with Crippen LogP contribution in [0.25, 0.3) is 0 Å². The Bertz CT molecular complexity index is 917. The van der Waals surface area contributed by atoms with Crippen LogP contribution in [0.3, 0.4) is 0 Å². The molecule has 1 aromatic rings. The number of hydrogen-bond donors (Lipinski definition) is 0. The molecule has 2 heterocycles. The molecule has 8 nitrogen and oxygen atoms in total. The fourth-order valence-corrected chi connectivity index (χ4v) is 4.71. The van der Waals surface area contributed by atoms with E-state index < -0.39 is 6.04 Å². The van der Waals surface area contributed by atoms with Crippen LogP contribution < -0.4 is 0 Å². The Morgan fingerprint density at radius 2 is 1.79 bits per heavy atom. The maximum Gasteiger partial charge on any atom is 0.309 e. The number of likely N-dealkylation sites (N-methyl/N-ethyl adjacent to an activating group) is 1. The van der Waals surface area contributed by atoms with Crippen molar-refractivity contribution in [3.63, 3.8) is 0 Å². The Balaban J connectivity index is 1.58. The highest BCUT2D eigenvalue weighted by Crippen LogP contribution is 2.27. The SMILES string of the molecule is CCOC(=O)C1CCN(C(=O)CN(C)C(=O)C2CCCN2C(=O)c2cc(Cl)ccc2Cl)CC1. The summed E-state index contributed by atoms with van der Waals surface area (Å²) in [6, 6.07) is 4.00. The molecule has 1 atom stereocenters. The number of rotatable bonds is 6. The Hall–Kier alpha value is -2.32. The predicted octanol–water partition coefficient (Wildman–Crippen LogP) is 2.86. The molecule has 10 heteroatoms. The van der Waals surface area contributed by atoms with Crippen molar-refractivity contribution in [1.29, 1.82) is 0 Å². The second-order valence-corrected chi connectivity index (χ2v) is 9.23. The Labute approximate surface area is 203 Å². The van der Waals surface area contributed by atoms with Gasteiger partial charge in [-0.2, -0.15) is 0 Å². The molecule has 0 N–H and O–H groups in total. The average molecular weight is 498 g/mol. The molecule has 180 valence electrons. The lowest BCUT2D eigenvalue weighted by Gasteiger charge is -2.33. The third kappa shape index (κ3) is 5.98. The molecular formula is C23H29Cl2N3O5. The third-order valence-corrected chi connectivity index (χ3v) is 6.74. The van der Waals surface area contributed by atoms with Crippen LogP contribution in [0.15, 0.2) is 18.2 Å². The number of likely N-dealkylation sites (tertiary alicyclic amines) is 2. The molecule has 0 aliphatic carbocycles. The highest BCUT2D eigenvalue weighted by atomic mass is 35.5. The molecule has 1 unspecified atom stereocenters. The Morgan fingerprint density at radius 1 is 1.09 bits per heavy atom. The normalized spacial score (nSPS) is 18.8. The fraction of sp³-hybridized carbons (Fsp3) is 0.565. The first-order valence-corrected chi connectivity index (χ1v) is 11.9. The van der Waals surface area contributed by atoms with Crippen LogP contribution >= 0.6 is 23.2 Å². The first kappa shape index (κ1) is 25.3. The first-order chi connectivity index (χ1) is 15.7. The first-order valence-electron chi connectivity index (χ1n) is 11.2. The van der Waals surface area contributed by atoms with Crippen molar-refractivity contribution >= 4 is 46.9 Å². The van der Waals surface area contributed by atoms with E-state index in [1.807, 2.05) is 0 Å². The number of nitrogens with zero attached hydrogens (tertiary/aromatic N) is 3.